The Morgan fingerprint density at radius 3 is 2.33 bits per heavy atom. The van der Waals surface area contributed by atoms with Crippen molar-refractivity contribution in [3.8, 4) is 12.1 Å². The van der Waals surface area contributed by atoms with E-state index in [2.05, 4.69) is 0 Å². The van der Waals surface area contributed by atoms with E-state index >= 15 is 0 Å². The summed E-state index contributed by atoms with van der Waals surface area (Å²) in [5.74, 6) is 0. The standard InChI is InChI=1S/C12H12N2O/c1-10-2-4-11(5-3-10)8-12(15,9-14)6-7-13/h2-5,15H,6,8H2,1H3. The number of hydrogen-bond acceptors (Lipinski definition) is 3. The maximum absolute atomic E-state index is 9.76. The highest BCUT2D eigenvalue weighted by atomic mass is 16.3. The number of hydrogen-bond donors (Lipinski definition) is 1. The molecule has 0 aliphatic heterocycles. The first-order chi connectivity index (χ1) is 7.09. The summed E-state index contributed by atoms with van der Waals surface area (Å²) in [6.07, 6.45) is 0.0225. The molecule has 0 aromatic heterocycles. The Kier molecular flexibility index (Phi) is 3.44. The zero-order valence-corrected chi connectivity index (χ0v) is 8.57. The van der Waals surface area contributed by atoms with E-state index in [0.717, 1.165) is 11.1 Å². The largest absolute Gasteiger partial charge is 0.374 e. The number of benzene rings is 1. The molecule has 0 aliphatic carbocycles. The fourth-order valence-corrected chi connectivity index (χ4v) is 1.32. The van der Waals surface area contributed by atoms with Gasteiger partial charge in [0.2, 0.25) is 0 Å². The van der Waals surface area contributed by atoms with E-state index in [1.54, 1.807) is 6.07 Å². The van der Waals surface area contributed by atoms with Crippen molar-refractivity contribution in [3.05, 3.63) is 35.4 Å². The molecule has 3 nitrogen and oxygen atoms in total. The lowest BCUT2D eigenvalue weighted by atomic mass is 9.93. The second-order valence-electron chi connectivity index (χ2n) is 3.64. The molecule has 0 spiro atoms. The minimum absolute atomic E-state index is 0.169. The van der Waals surface area contributed by atoms with Crippen molar-refractivity contribution >= 4 is 0 Å². The Labute approximate surface area is 89.2 Å². The minimum atomic E-state index is -1.57. The maximum atomic E-state index is 9.76. The third-order valence-electron chi connectivity index (χ3n) is 2.20. The molecule has 1 rings (SSSR count). The van der Waals surface area contributed by atoms with Crippen LogP contribution in [-0.4, -0.2) is 10.7 Å². The third-order valence-corrected chi connectivity index (χ3v) is 2.20. The van der Waals surface area contributed by atoms with Crippen LogP contribution in [0.5, 0.6) is 0 Å². The summed E-state index contributed by atoms with van der Waals surface area (Å²) >= 11 is 0. The molecule has 1 atom stereocenters. The normalized spacial score (nSPS) is 13.6. The summed E-state index contributed by atoms with van der Waals surface area (Å²) < 4.78 is 0. The summed E-state index contributed by atoms with van der Waals surface area (Å²) in [6.45, 7) is 1.97. The zero-order valence-electron chi connectivity index (χ0n) is 8.57. The molecule has 1 aromatic carbocycles. The van der Waals surface area contributed by atoms with E-state index in [1.165, 1.54) is 0 Å². The van der Waals surface area contributed by atoms with E-state index in [9.17, 15) is 5.11 Å². The molecule has 0 aliphatic rings. The summed E-state index contributed by atoms with van der Waals surface area (Å²) in [7, 11) is 0. The van der Waals surface area contributed by atoms with E-state index in [0.29, 0.717) is 0 Å². The lowest BCUT2D eigenvalue weighted by Crippen LogP contribution is -2.28. The highest BCUT2D eigenvalue weighted by Crippen LogP contribution is 2.16. The van der Waals surface area contributed by atoms with Gasteiger partial charge < -0.3 is 5.11 Å². The van der Waals surface area contributed by atoms with Crippen LogP contribution in [0.3, 0.4) is 0 Å². The van der Waals surface area contributed by atoms with Crippen LogP contribution in [0.25, 0.3) is 0 Å². The van der Waals surface area contributed by atoms with Crippen LogP contribution in [-0.2, 0) is 6.42 Å². The number of aliphatic hydroxyl groups is 1. The van der Waals surface area contributed by atoms with Crippen molar-refractivity contribution < 1.29 is 5.11 Å². The Morgan fingerprint density at radius 1 is 1.27 bits per heavy atom. The fraction of sp³-hybridized carbons (Fsp3) is 0.333. The molecule has 0 fully saturated rings. The summed E-state index contributed by atoms with van der Waals surface area (Å²) in [6, 6.07) is 11.1. The van der Waals surface area contributed by atoms with Crippen molar-refractivity contribution in [3.63, 3.8) is 0 Å². The first-order valence-corrected chi connectivity index (χ1v) is 4.66. The van der Waals surface area contributed by atoms with Crippen LogP contribution in [0.1, 0.15) is 17.5 Å². The van der Waals surface area contributed by atoms with E-state index in [4.69, 9.17) is 10.5 Å². The highest BCUT2D eigenvalue weighted by molar-refractivity contribution is 5.25. The lowest BCUT2D eigenvalue weighted by Gasteiger charge is -2.16. The van der Waals surface area contributed by atoms with Crippen LogP contribution in [0.2, 0.25) is 0 Å². The number of rotatable bonds is 3. The van der Waals surface area contributed by atoms with E-state index in [-0.39, 0.29) is 12.8 Å². The van der Waals surface area contributed by atoms with Crippen molar-refractivity contribution in [1.82, 2.24) is 0 Å². The van der Waals surface area contributed by atoms with Crippen LogP contribution >= 0.6 is 0 Å². The van der Waals surface area contributed by atoms with Gasteiger partial charge in [-0.1, -0.05) is 29.8 Å². The summed E-state index contributed by atoms with van der Waals surface area (Å²) in [5, 5.41) is 27.0. The van der Waals surface area contributed by atoms with Crippen LogP contribution in [0.15, 0.2) is 24.3 Å². The van der Waals surface area contributed by atoms with Crippen LogP contribution in [0, 0.1) is 29.6 Å². The van der Waals surface area contributed by atoms with Gasteiger partial charge in [0, 0.05) is 6.42 Å². The molecule has 0 heterocycles. The van der Waals surface area contributed by atoms with Gasteiger partial charge in [0.1, 0.15) is 0 Å². The van der Waals surface area contributed by atoms with Gasteiger partial charge in [0.05, 0.1) is 18.6 Å². The van der Waals surface area contributed by atoms with Gasteiger partial charge in [0.15, 0.2) is 5.60 Å². The molecule has 15 heavy (non-hydrogen) atoms. The first kappa shape index (κ1) is 11.2. The van der Waals surface area contributed by atoms with Gasteiger partial charge >= 0.3 is 0 Å². The molecule has 1 aromatic rings. The number of aryl methyl sites for hydroxylation is 1. The van der Waals surface area contributed by atoms with Crippen molar-refractivity contribution in [1.29, 1.82) is 10.5 Å². The Balaban J connectivity index is 2.81. The average molecular weight is 200 g/mol. The Hall–Kier alpha value is -1.84. The van der Waals surface area contributed by atoms with Crippen molar-refractivity contribution in [2.24, 2.45) is 0 Å². The van der Waals surface area contributed by atoms with Gasteiger partial charge in [-0.15, -0.1) is 0 Å². The second-order valence-corrected chi connectivity index (χ2v) is 3.64. The molecular formula is C12H12N2O. The van der Waals surface area contributed by atoms with Gasteiger partial charge in [0.25, 0.3) is 0 Å². The molecule has 0 radical (unpaired) electrons. The van der Waals surface area contributed by atoms with Crippen molar-refractivity contribution in [2.45, 2.75) is 25.4 Å². The SMILES string of the molecule is Cc1ccc(CC(O)(C#N)CC#N)cc1. The van der Waals surface area contributed by atoms with Gasteiger partial charge in [-0.2, -0.15) is 10.5 Å². The molecule has 76 valence electrons. The molecule has 0 amide bonds. The Bertz CT molecular complexity index is 411. The number of nitriles is 2. The zero-order chi connectivity index (χ0) is 11.3. The number of nitrogens with zero attached hydrogens (tertiary/aromatic N) is 2. The molecular weight excluding hydrogens is 188 g/mol. The minimum Gasteiger partial charge on any atom is -0.374 e. The predicted molar refractivity (Wildman–Crippen MR) is 55.7 cm³/mol. The third kappa shape index (κ3) is 3.09. The van der Waals surface area contributed by atoms with Crippen molar-refractivity contribution in [2.75, 3.05) is 0 Å². The van der Waals surface area contributed by atoms with E-state index in [1.807, 2.05) is 37.3 Å². The summed E-state index contributed by atoms with van der Waals surface area (Å²) in [5.41, 5.74) is 0.420. The molecule has 0 saturated heterocycles. The van der Waals surface area contributed by atoms with Gasteiger partial charge in [-0.25, -0.2) is 0 Å². The molecule has 0 bridgehead atoms. The molecule has 1 unspecified atom stereocenters. The fourth-order valence-electron chi connectivity index (χ4n) is 1.32. The maximum Gasteiger partial charge on any atom is 0.167 e. The predicted octanol–water partition coefficient (Wildman–Crippen LogP) is 1.71. The van der Waals surface area contributed by atoms with Gasteiger partial charge in [-0.3, -0.25) is 0 Å². The highest BCUT2D eigenvalue weighted by Gasteiger charge is 2.26. The molecule has 3 heteroatoms. The smallest absolute Gasteiger partial charge is 0.167 e. The topological polar surface area (TPSA) is 67.8 Å². The second kappa shape index (κ2) is 4.59. The molecule has 0 saturated carbocycles. The Morgan fingerprint density at radius 2 is 1.87 bits per heavy atom. The van der Waals surface area contributed by atoms with Crippen LogP contribution < -0.4 is 0 Å². The average Bonchev–Trinajstić information content (AvgIpc) is 2.22. The lowest BCUT2D eigenvalue weighted by molar-refractivity contribution is 0.104. The van der Waals surface area contributed by atoms with Crippen LogP contribution in [0.4, 0.5) is 0 Å². The van der Waals surface area contributed by atoms with E-state index < -0.39 is 5.60 Å². The molecule has 1 N–H and O–H groups in total. The first-order valence-electron chi connectivity index (χ1n) is 4.66. The quantitative estimate of drug-likeness (QED) is 0.755. The summed E-state index contributed by atoms with van der Waals surface area (Å²) in [4.78, 5) is 0. The monoisotopic (exact) mass is 200 g/mol. The van der Waals surface area contributed by atoms with Gasteiger partial charge in [-0.05, 0) is 12.5 Å².